The first-order valence-corrected chi connectivity index (χ1v) is 10.3. The summed E-state index contributed by atoms with van der Waals surface area (Å²) in [6.07, 6.45) is 8.33. The van der Waals surface area contributed by atoms with E-state index in [1.165, 1.54) is 56.0 Å². The van der Waals surface area contributed by atoms with Crippen LogP contribution in [0.1, 0.15) is 40.6 Å². The Balaban J connectivity index is 1.55. The number of rotatable bonds is 1. The van der Waals surface area contributed by atoms with E-state index in [2.05, 4.69) is 81.9 Å². The summed E-state index contributed by atoms with van der Waals surface area (Å²) in [4.78, 5) is 0. The highest BCUT2D eigenvalue weighted by Gasteiger charge is 2.38. The van der Waals surface area contributed by atoms with Crippen LogP contribution < -0.4 is 5.32 Å². The van der Waals surface area contributed by atoms with E-state index in [4.69, 9.17) is 0 Å². The van der Waals surface area contributed by atoms with Gasteiger partial charge < -0.3 is 5.32 Å². The third kappa shape index (κ3) is 2.02. The lowest BCUT2D eigenvalue weighted by atomic mass is 9.76. The van der Waals surface area contributed by atoms with Gasteiger partial charge in [0.05, 0.1) is 6.04 Å². The summed E-state index contributed by atoms with van der Waals surface area (Å²) in [6.45, 7) is 0. The van der Waals surface area contributed by atoms with Crippen molar-refractivity contribution in [2.75, 3.05) is 5.32 Å². The molecular formula is C24H20BrN. The summed E-state index contributed by atoms with van der Waals surface area (Å²) in [7, 11) is 0. The third-order valence-electron chi connectivity index (χ3n) is 6.57. The Hall–Kier alpha value is -2.06. The molecule has 0 amide bonds. The molecule has 0 bridgehead atoms. The van der Waals surface area contributed by atoms with Crippen molar-refractivity contribution in [2.24, 2.45) is 5.92 Å². The van der Waals surface area contributed by atoms with Gasteiger partial charge in [-0.3, -0.25) is 0 Å². The zero-order valence-corrected chi connectivity index (χ0v) is 16.1. The summed E-state index contributed by atoms with van der Waals surface area (Å²) in [5, 5.41) is 6.89. The maximum Gasteiger partial charge on any atom is 0.0560 e. The summed E-state index contributed by atoms with van der Waals surface area (Å²) >= 11 is 3.65. The molecule has 26 heavy (non-hydrogen) atoms. The highest BCUT2D eigenvalue weighted by Crippen LogP contribution is 2.51. The fourth-order valence-electron chi connectivity index (χ4n) is 5.41. The third-order valence-corrected chi connectivity index (χ3v) is 7.06. The van der Waals surface area contributed by atoms with Crippen molar-refractivity contribution in [3.05, 3.63) is 87.4 Å². The first kappa shape index (κ1) is 15.0. The molecule has 0 spiro atoms. The standard InChI is InChI=1S/C24H20BrN/c25-16-10-12-22-21(13-16)17-4-2-6-19(17)24(26-22)20-11-9-15-8-7-14-3-1-5-18(20)23(14)15/h1-5,9-13,17,19,24,26H,6-8H2/t17-,19+,24-/m1/s1. The SMILES string of the molecule is Brc1ccc2c(c1)[C@@H]1C=CC[C@@H]1[C@H](c1ccc3c4c(cccc14)CC3)N2. The van der Waals surface area contributed by atoms with Crippen molar-refractivity contribution in [3.63, 3.8) is 0 Å². The van der Waals surface area contributed by atoms with Crippen LogP contribution in [0.5, 0.6) is 0 Å². The van der Waals surface area contributed by atoms with Crippen molar-refractivity contribution < 1.29 is 0 Å². The molecule has 0 radical (unpaired) electrons. The molecule has 2 heteroatoms. The summed E-state index contributed by atoms with van der Waals surface area (Å²) in [5.41, 5.74) is 7.25. The zero-order chi connectivity index (χ0) is 17.3. The highest BCUT2D eigenvalue weighted by molar-refractivity contribution is 9.10. The molecule has 0 unspecified atom stereocenters. The van der Waals surface area contributed by atoms with Crippen LogP contribution in [-0.4, -0.2) is 0 Å². The van der Waals surface area contributed by atoms with Gasteiger partial charge in [-0.2, -0.15) is 0 Å². The molecule has 3 aliphatic rings. The Morgan fingerprint density at radius 1 is 0.923 bits per heavy atom. The van der Waals surface area contributed by atoms with Gasteiger partial charge in [-0.25, -0.2) is 0 Å². The molecule has 0 saturated carbocycles. The lowest BCUT2D eigenvalue weighted by molar-refractivity contribution is 0.427. The molecule has 1 aliphatic heterocycles. The number of halogens is 1. The largest absolute Gasteiger partial charge is 0.378 e. The van der Waals surface area contributed by atoms with E-state index in [1.807, 2.05) is 0 Å². The second-order valence-corrected chi connectivity index (χ2v) is 8.78. The number of fused-ring (bicyclic) bond motifs is 3. The van der Waals surface area contributed by atoms with Crippen molar-refractivity contribution in [2.45, 2.75) is 31.2 Å². The van der Waals surface area contributed by atoms with E-state index in [0.717, 1.165) is 6.42 Å². The van der Waals surface area contributed by atoms with Crippen LogP contribution in [0.2, 0.25) is 0 Å². The smallest absolute Gasteiger partial charge is 0.0560 e. The number of hydrogen-bond donors (Lipinski definition) is 1. The van der Waals surface area contributed by atoms with Gasteiger partial charge in [0.15, 0.2) is 0 Å². The Morgan fingerprint density at radius 3 is 2.73 bits per heavy atom. The maximum absolute atomic E-state index is 3.90. The monoisotopic (exact) mass is 401 g/mol. The molecule has 3 aromatic carbocycles. The minimum atomic E-state index is 0.369. The molecule has 1 N–H and O–H groups in total. The second-order valence-electron chi connectivity index (χ2n) is 7.86. The van der Waals surface area contributed by atoms with Crippen LogP contribution in [0.4, 0.5) is 5.69 Å². The van der Waals surface area contributed by atoms with Gasteiger partial charge in [0, 0.05) is 16.1 Å². The fraction of sp³-hybridized carbons (Fsp3) is 0.250. The van der Waals surface area contributed by atoms with E-state index in [-0.39, 0.29) is 0 Å². The Kier molecular flexibility index (Phi) is 3.16. The molecule has 2 aliphatic carbocycles. The van der Waals surface area contributed by atoms with Crippen LogP contribution in [0.15, 0.2) is 65.2 Å². The van der Waals surface area contributed by atoms with Crippen LogP contribution in [0.25, 0.3) is 10.8 Å². The number of benzene rings is 3. The van der Waals surface area contributed by atoms with Gasteiger partial charge in [0.2, 0.25) is 0 Å². The Labute approximate surface area is 162 Å². The maximum atomic E-state index is 3.90. The lowest BCUT2D eigenvalue weighted by Gasteiger charge is -2.38. The highest BCUT2D eigenvalue weighted by atomic mass is 79.9. The van der Waals surface area contributed by atoms with Crippen molar-refractivity contribution in [1.29, 1.82) is 0 Å². The molecule has 1 nitrogen and oxygen atoms in total. The number of hydrogen-bond acceptors (Lipinski definition) is 1. The zero-order valence-electron chi connectivity index (χ0n) is 14.5. The molecule has 3 aromatic rings. The van der Waals surface area contributed by atoms with Gasteiger partial charge in [-0.1, -0.05) is 58.4 Å². The van der Waals surface area contributed by atoms with Gasteiger partial charge in [-0.05, 0) is 76.4 Å². The molecule has 1 heterocycles. The van der Waals surface area contributed by atoms with E-state index in [9.17, 15) is 0 Å². The Morgan fingerprint density at radius 2 is 1.81 bits per heavy atom. The predicted molar refractivity (Wildman–Crippen MR) is 112 cm³/mol. The van der Waals surface area contributed by atoms with Crippen LogP contribution in [0, 0.1) is 5.92 Å². The van der Waals surface area contributed by atoms with Gasteiger partial charge in [0.25, 0.3) is 0 Å². The lowest BCUT2D eigenvalue weighted by Crippen LogP contribution is -2.29. The van der Waals surface area contributed by atoms with Crippen molar-refractivity contribution >= 4 is 32.4 Å². The van der Waals surface area contributed by atoms with Gasteiger partial charge in [-0.15, -0.1) is 0 Å². The molecule has 0 saturated heterocycles. The molecule has 0 aromatic heterocycles. The topological polar surface area (TPSA) is 12.0 Å². The second kappa shape index (κ2) is 5.47. The molecule has 0 fully saturated rings. The van der Waals surface area contributed by atoms with Crippen LogP contribution in [-0.2, 0) is 12.8 Å². The van der Waals surface area contributed by atoms with E-state index in [0.29, 0.717) is 17.9 Å². The average molecular weight is 402 g/mol. The van der Waals surface area contributed by atoms with E-state index >= 15 is 0 Å². The first-order chi connectivity index (χ1) is 12.8. The van der Waals surface area contributed by atoms with Crippen LogP contribution >= 0.6 is 15.9 Å². The number of anilines is 1. The minimum absolute atomic E-state index is 0.369. The van der Waals surface area contributed by atoms with Crippen molar-refractivity contribution in [3.8, 4) is 0 Å². The van der Waals surface area contributed by atoms with E-state index in [1.54, 1.807) is 0 Å². The van der Waals surface area contributed by atoms with Crippen LogP contribution in [0.3, 0.4) is 0 Å². The van der Waals surface area contributed by atoms with Crippen molar-refractivity contribution in [1.82, 2.24) is 0 Å². The molecular weight excluding hydrogens is 382 g/mol. The fourth-order valence-corrected chi connectivity index (χ4v) is 5.79. The first-order valence-electron chi connectivity index (χ1n) is 9.55. The number of aryl methyl sites for hydroxylation is 2. The minimum Gasteiger partial charge on any atom is -0.378 e. The van der Waals surface area contributed by atoms with Gasteiger partial charge in [0.1, 0.15) is 0 Å². The quantitative estimate of drug-likeness (QED) is 0.457. The molecule has 128 valence electrons. The number of nitrogens with one attached hydrogen (secondary N) is 1. The molecule has 3 atom stereocenters. The average Bonchev–Trinajstić information content (AvgIpc) is 3.31. The van der Waals surface area contributed by atoms with Gasteiger partial charge >= 0.3 is 0 Å². The normalized spacial score (nSPS) is 25.2. The van der Waals surface area contributed by atoms with E-state index < -0.39 is 0 Å². The summed E-state index contributed by atoms with van der Waals surface area (Å²) in [5.74, 6) is 1.10. The Bertz CT molecular complexity index is 1070. The summed E-state index contributed by atoms with van der Waals surface area (Å²) < 4.78 is 1.17. The molecule has 6 rings (SSSR count). The predicted octanol–water partition coefficient (Wildman–Crippen LogP) is 6.53. The number of allylic oxidation sites excluding steroid dienone is 2. The summed E-state index contributed by atoms with van der Waals surface area (Å²) in [6, 6.07) is 18.7.